The van der Waals surface area contributed by atoms with E-state index in [0.29, 0.717) is 0 Å². The Morgan fingerprint density at radius 2 is 1.86 bits per heavy atom. The number of aromatic nitrogens is 2. The number of rotatable bonds is 3. The Bertz CT molecular complexity index is 793. The van der Waals surface area contributed by atoms with Gasteiger partial charge in [-0.25, -0.2) is 4.98 Å². The normalized spacial score (nSPS) is 11.3. The summed E-state index contributed by atoms with van der Waals surface area (Å²) in [4.78, 5) is 5.71. The number of benzene rings is 1. The lowest BCUT2D eigenvalue weighted by Crippen LogP contribution is -2.07. The lowest BCUT2D eigenvalue weighted by atomic mass is 10.1. The summed E-state index contributed by atoms with van der Waals surface area (Å²) < 4.78 is 3.37. The van der Waals surface area contributed by atoms with Gasteiger partial charge in [0.25, 0.3) is 0 Å². The zero-order valence-corrected chi connectivity index (χ0v) is 15.0. The molecule has 2 aromatic heterocycles. The van der Waals surface area contributed by atoms with Crippen molar-refractivity contribution in [2.45, 2.75) is 34.2 Å². The molecule has 1 aromatic carbocycles. The molecule has 0 aliphatic rings. The molecule has 1 N–H and O–H groups in total. The van der Waals surface area contributed by atoms with Gasteiger partial charge < -0.3 is 5.32 Å². The summed E-state index contributed by atoms with van der Waals surface area (Å²) in [7, 11) is 0. The van der Waals surface area contributed by atoms with Crippen LogP contribution in [0.25, 0.3) is 4.96 Å². The molecule has 3 rings (SSSR count). The Morgan fingerprint density at radius 1 is 1.19 bits per heavy atom. The van der Waals surface area contributed by atoms with Gasteiger partial charge in [0.2, 0.25) is 0 Å². The first-order valence-corrected chi connectivity index (χ1v) is 8.57. The predicted molar refractivity (Wildman–Crippen MR) is 93.5 cm³/mol. The first kappa shape index (κ1) is 14.6. The number of hydrogen-bond acceptors (Lipinski definition) is 3. The smallest absolute Gasteiger partial charge is 0.194 e. The highest BCUT2D eigenvalue weighted by atomic mass is 79.9. The van der Waals surface area contributed by atoms with Gasteiger partial charge in [-0.1, -0.05) is 15.9 Å². The average Bonchev–Trinajstić information content (AvgIpc) is 2.89. The van der Waals surface area contributed by atoms with E-state index >= 15 is 0 Å². The highest BCUT2D eigenvalue weighted by molar-refractivity contribution is 9.10. The summed E-state index contributed by atoms with van der Waals surface area (Å²) in [6.07, 6.45) is 0. The Kier molecular flexibility index (Phi) is 3.80. The third-order valence-corrected chi connectivity index (χ3v) is 5.16. The van der Waals surface area contributed by atoms with Crippen molar-refractivity contribution in [3.8, 4) is 0 Å². The van der Waals surface area contributed by atoms with Crippen molar-refractivity contribution in [2.75, 3.05) is 5.32 Å². The monoisotopic (exact) mass is 363 g/mol. The van der Waals surface area contributed by atoms with Crippen LogP contribution >= 0.6 is 27.3 Å². The van der Waals surface area contributed by atoms with E-state index in [2.05, 4.69) is 75.8 Å². The van der Waals surface area contributed by atoms with Gasteiger partial charge in [0.05, 0.1) is 17.9 Å². The summed E-state index contributed by atoms with van der Waals surface area (Å²) in [6.45, 7) is 9.26. The molecule has 0 saturated heterocycles. The highest BCUT2D eigenvalue weighted by Crippen LogP contribution is 2.27. The first-order valence-electron chi connectivity index (χ1n) is 6.90. The van der Waals surface area contributed by atoms with Crippen LogP contribution < -0.4 is 5.32 Å². The summed E-state index contributed by atoms with van der Waals surface area (Å²) in [5, 5.41) is 5.74. The van der Waals surface area contributed by atoms with Gasteiger partial charge in [0.1, 0.15) is 0 Å². The molecular weight excluding hydrogens is 346 g/mol. The van der Waals surface area contributed by atoms with Crippen molar-refractivity contribution in [3.63, 3.8) is 0 Å². The molecule has 0 bridgehead atoms. The van der Waals surface area contributed by atoms with E-state index in [1.54, 1.807) is 11.3 Å². The predicted octanol–water partition coefficient (Wildman–Crippen LogP) is 5.00. The zero-order chi connectivity index (χ0) is 15.1. The van der Waals surface area contributed by atoms with Gasteiger partial charge in [-0.05, 0) is 51.0 Å². The summed E-state index contributed by atoms with van der Waals surface area (Å²) in [5.74, 6) is 0. The average molecular weight is 364 g/mol. The number of fused-ring (bicyclic) bond motifs is 1. The highest BCUT2D eigenvalue weighted by Gasteiger charge is 2.13. The van der Waals surface area contributed by atoms with Crippen LogP contribution in [0.2, 0.25) is 0 Å². The van der Waals surface area contributed by atoms with Crippen LogP contribution in [0.5, 0.6) is 0 Å². The Balaban J connectivity index is 1.94. The minimum Gasteiger partial charge on any atom is -0.379 e. The van der Waals surface area contributed by atoms with E-state index in [-0.39, 0.29) is 0 Å². The zero-order valence-electron chi connectivity index (χ0n) is 12.6. The molecule has 0 saturated carbocycles. The number of imidazole rings is 1. The summed E-state index contributed by atoms with van der Waals surface area (Å²) in [5.41, 5.74) is 7.30. The number of thiazole rings is 1. The van der Waals surface area contributed by atoms with Gasteiger partial charge in [-0.3, -0.25) is 4.40 Å². The fourth-order valence-corrected chi connectivity index (χ4v) is 4.35. The van der Waals surface area contributed by atoms with Crippen LogP contribution in [0.3, 0.4) is 0 Å². The molecule has 0 radical (unpaired) electrons. The SMILES string of the molecule is Cc1cc(Br)cc(C)c1NCc1c(C)nc2scc(C)n12. The van der Waals surface area contributed by atoms with Crippen LogP contribution in [0.1, 0.15) is 28.2 Å². The number of nitrogens with zero attached hydrogens (tertiary/aromatic N) is 2. The van der Waals surface area contributed by atoms with Crippen LogP contribution in [0.15, 0.2) is 22.0 Å². The van der Waals surface area contributed by atoms with E-state index in [0.717, 1.165) is 21.7 Å². The number of anilines is 1. The third-order valence-electron chi connectivity index (χ3n) is 3.76. The van der Waals surface area contributed by atoms with E-state index in [9.17, 15) is 0 Å². The maximum atomic E-state index is 4.64. The first-order chi connectivity index (χ1) is 9.97. The fourth-order valence-electron chi connectivity index (χ4n) is 2.74. The molecule has 21 heavy (non-hydrogen) atoms. The van der Waals surface area contributed by atoms with Crippen molar-refractivity contribution in [1.29, 1.82) is 0 Å². The molecule has 0 aliphatic carbocycles. The number of halogens is 1. The molecule has 3 nitrogen and oxygen atoms in total. The number of aryl methyl sites for hydroxylation is 4. The molecule has 3 aromatic rings. The second-order valence-corrected chi connectivity index (χ2v) is 7.16. The van der Waals surface area contributed by atoms with Crippen LogP contribution in [0, 0.1) is 27.7 Å². The van der Waals surface area contributed by atoms with E-state index in [1.165, 1.54) is 28.2 Å². The Labute approximate surface area is 137 Å². The molecule has 0 spiro atoms. The molecule has 0 aliphatic heterocycles. The standard InChI is InChI=1S/C16H18BrN3S/c1-9-5-13(17)6-10(2)15(9)18-7-14-12(4)19-16-20(14)11(3)8-21-16/h5-6,8,18H,7H2,1-4H3. The molecule has 0 amide bonds. The van der Waals surface area contributed by atoms with E-state index < -0.39 is 0 Å². The minimum absolute atomic E-state index is 0.786. The van der Waals surface area contributed by atoms with Crippen molar-refractivity contribution in [3.05, 3.63) is 50.2 Å². The largest absolute Gasteiger partial charge is 0.379 e. The second-order valence-electron chi connectivity index (χ2n) is 5.41. The number of nitrogens with one attached hydrogen (secondary N) is 1. The minimum atomic E-state index is 0.786. The maximum Gasteiger partial charge on any atom is 0.194 e. The van der Waals surface area contributed by atoms with Gasteiger partial charge >= 0.3 is 0 Å². The molecular formula is C16H18BrN3S. The molecule has 0 fully saturated rings. The third kappa shape index (κ3) is 2.60. The lowest BCUT2D eigenvalue weighted by molar-refractivity contribution is 0.963. The van der Waals surface area contributed by atoms with Gasteiger partial charge in [-0.2, -0.15) is 0 Å². The lowest BCUT2D eigenvalue weighted by Gasteiger charge is -2.14. The molecule has 110 valence electrons. The maximum absolute atomic E-state index is 4.64. The van der Waals surface area contributed by atoms with Gasteiger partial charge in [0.15, 0.2) is 4.96 Å². The van der Waals surface area contributed by atoms with Crippen LogP contribution in [-0.2, 0) is 6.54 Å². The van der Waals surface area contributed by atoms with Gasteiger partial charge in [0, 0.05) is 21.2 Å². The Morgan fingerprint density at radius 3 is 2.52 bits per heavy atom. The molecule has 0 unspecified atom stereocenters. The Hall–Kier alpha value is -1.33. The van der Waals surface area contributed by atoms with Crippen LogP contribution in [-0.4, -0.2) is 9.38 Å². The van der Waals surface area contributed by atoms with Crippen molar-refractivity contribution >= 4 is 37.9 Å². The summed E-state index contributed by atoms with van der Waals surface area (Å²) >= 11 is 5.24. The number of hydrogen-bond donors (Lipinski definition) is 1. The van der Waals surface area contributed by atoms with E-state index in [4.69, 9.17) is 0 Å². The van der Waals surface area contributed by atoms with Crippen molar-refractivity contribution in [2.24, 2.45) is 0 Å². The van der Waals surface area contributed by atoms with Crippen molar-refractivity contribution in [1.82, 2.24) is 9.38 Å². The quantitative estimate of drug-likeness (QED) is 0.708. The molecule has 2 heterocycles. The second kappa shape index (κ2) is 5.46. The van der Waals surface area contributed by atoms with Gasteiger partial charge in [-0.15, -0.1) is 11.3 Å². The van der Waals surface area contributed by atoms with Crippen LogP contribution in [0.4, 0.5) is 5.69 Å². The van der Waals surface area contributed by atoms with E-state index in [1.807, 2.05) is 0 Å². The molecule has 5 heteroatoms. The fraction of sp³-hybridized carbons (Fsp3) is 0.312. The topological polar surface area (TPSA) is 29.3 Å². The molecule has 0 atom stereocenters. The summed E-state index contributed by atoms with van der Waals surface area (Å²) in [6, 6.07) is 4.29. The van der Waals surface area contributed by atoms with Crippen molar-refractivity contribution < 1.29 is 0 Å².